The molecule has 0 spiro atoms. The maximum absolute atomic E-state index is 12.0. The molecule has 1 rings (SSSR count). The molecule has 82 valence electrons. The van der Waals surface area contributed by atoms with Gasteiger partial charge in [-0.1, -0.05) is 34.6 Å². The average Bonchev–Trinajstić information content (AvgIpc) is 2.07. The Balaban J connectivity index is 2.59. The summed E-state index contributed by atoms with van der Waals surface area (Å²) in [6.45, 7) is 10.5. The van der Waals surface area contributed by atoms with E-state index in [1.807, 2.05) is 44.3 Å². The molecule has 0 N–H and O–H groups in total. The molecule has 0 aromatic heterocycles. The molecule has 1 fully saturated rings. The lowest BCUT2D eigenvalue weighted by molar-refractivity contribution is -0.125. The first-order chi connectivity index (χ1) is 6.32. The Kier molecular flexibility index (Phi) is 3.98. The van der Waals surface area contributed by atoms with E-state index in [0.29, 0.717) is 16.3 Å². The molecule has 0 bridgehead atoms. The van der Waals surface area contributed by atoms with Gasteiger partial charge in [0.05, 0.1) is 5.25 Å². The summed E-state index contributed by atoms with van der Waals surface area (Å²) >= 11 is 3.80. The van der Waals surface area contributed by atoms with Gasteiger partial charge in [0.25, 0.3) is 0 Å². The van der Waals surface area contributed by atoms with Crippen LogP contribution in [0.3, 0.4) is 0 Å². The summed E-state index contributed by atoms with van der Waals surface area (Å²) in [7, 11) is 0. The minimum absolute atomic E-state index is 0.182. The Hall–Kier alpha value is 0.370. The van der Waals surface area contributed by atoms with Crippen LogP contribution in [0.2, 0.25) is 0 Å². The Morgan fingerprint density at radius 2 is 1.79 bits per heavy atom. The third-order valence-electron chi connectivity index (χ3n) is 2.58. The first-order valence-corrected chi connectivity index (χ1v) is 7.13. The fourth-order valence-electron chi connectivity index (χ4n) is 1.40. The molecule has 0 saturated carbocycles. The lowest BCUT2D eigenvalue weighted by Gasteiger charge is -2.33. The highest BCUT2D eigenvalue weighted by molar-refractivity contribution is 8.08. The third-order valence-corrected chi connectivity index (χ3v) is 5.97. The van der Waals surface area contributed by atoms with Crippen LogP contribution in [0.5, 0.6) is 0 Å². The quantitative estimate of drug-likeness (QED) is 0.691. The van der Waals surface area contributed by atoms with E-state index in [0.717, 1.165) is 5.75 Å². The van der Waals surface area contributed by atoms with Crippen LogP contribution in [0.4, 0.5) is 0 Å². The highest BCUT2D eigenvalue weighted by Gasteiger charge is 2.35. The van der Waals surface area contributed by atoms with Crippen molar-refractivity contribution in [2.75, 3.05) is 5.75 Å². The van der Waals surface area contributed by atoms with Crippen LogP contribution in [0.15, 0.2) is 0 Å². The zero-order chi connectivity index (χ0) is 10.9. The van der Waals surface area contributed by atoms with Crippen molar-refractivity contribution in [1.29, 1.82) is 0 Å². The number of rotatable bonds is 1. The molecule has 1 heterocycles. The molecule has 3 heteroatoms. The molecule has 0 radical (unpaired) electrons. The van der Waals surface area contributed by atoms with Crippen molar-refractivity contribution >= 4 is 29.3 Å². The van der Waals surface area contributed by atoms with Crippen molar-refractivity contribution in [1.82, 2.24) is 0 Å². The highest BCUT2D eigenvalue weighted by atomic mass is 32.2. The Bertz CT molecular complexity index is 220. The van der Waals surface area contributed by atoms with Crippen LogP contribution in [-0.4, -0.2) is 27.3 Å². The maximum Gasteiger partial charge on any atom is 0.151 e. The second-order valence-corrected chi connectivity index (χ2v) is 7.98. The molecule has 3 unspecified atom stereocenters. The molecule has 0 aliphatic carbocycles. The van der Waals surface area contributed by atoms with Crippen molar-refractivity contribution in [3.05, 3.63) is 0 Å². The lowest BCUT2D eigenvalue weighted by atomic mass is 9.89. The number of hydrogen-bond donors (Lipinski definition) is 0. The largest absolute Gasteiger partial charge is 0.298 e. The van der Waals surface area contributed by atoms with E-state index in [4.69, 9.17) is 0 Å². The molecule has 14 heavy (non-hydrogen) atoms. The summed E-state index contributed by atoms with van der Waals surface area (Å²) in [4.78, 5) is 12.0. The van der Waals surface area contributed by atoms with Crippen molar-refractivity contribution < 1.29 is 4.79 Å². The minimum atomic E-state index is -0.182. The van der Waals surface area contributed by atoms with Crippen LogP contribution >= 0.6 is 23.5 Å². The van der Waals surface area contributed by atoms with Gasteiger partial charge in [0, 0.05) is 21.7 Å². The first kappa shape index (κ1) is 12.4. The summed E-state index contributed by atoms with van der Waals surface area (Å²) in [6.07, 6.45) is 0. The van der Waals surface area contributed by atoms with Gasteiger partial charge in [-0.2, -0.15) is 11.8 Å². The second kappa shape index (κ2) is 4.48. The van der Waals surface area contributed by atoms with Crippen LogP contribution in [-0.2, 0) is 4.79 Å². The molecule has 3 atom stereocenters. The van der Waals surface area contributed by atoms with Gasteiger partial charge in [0.1, 0.15) is 0 Å². The normalized spacial score (nSPS) is 34.2. The summed E-state index contributed by atoms with van der Waals surface area (Å²) in [6, 6.07) is 0. The van der Waals surface area contributed by atoms with Crippen molar-refractivity contribution in [2.45, 2.75) is 50.4 Å². The number of thioether (sulfide) groups is 2. The average molecular weight is 232 g/mol. The number of ketones is 1. The fourth-order valence-corrected chi connectivity index (χ4v) is 4.50. The van der Waals surface area contributed by atoms with Gasteiger partial charge in [-0.05, 0) is 0 Å². The standard InChI is InChI=1S/C11H20OS2/c1-7-8(2)14-9(6-13-7)10(12)11(3,4)5/h7-9H,6H2,1-5H3. The van der Waals surface area contributed by atoms with Crippen molar-refractivity contribution in [2.24, 2.45) is 5.41 Å². The molecular weight excluding hydrogens is 212 g/mol. The molecule has 0 aromatic rings. The number of carbonyl (C=O) groups is 1. The van der Waals surface area contributed by atoms with E-state index >= 15 is 0 Å². The van der Waals surface area contributed by atoms with E-state index < -0.39 is 0 Å². The Morgan fingerprint density at radius 1 is 1.21 bits per heavy atom. The van der Waals surface area contributed by atoms with Gasteiger partial charge in [-0.15, -0.1) is 11.8 Å². The molecule has 1 aliphatic rings. The number of carbonyl (C=O) groups excluding carboxylic acids is 1. The van der Waals surface area contributed by atoms with Gasteiger partial charge in [-0.3, -0.25) is 4.79 Å². The lowest BCUT2D eigenvalue weighted by Crippen LogP contribution is -2.37. The minimum Gasteiger partial charge on any atom is -0.298 e. The summed E-state index contributed by atoms with van der Waals surface area (Å²) < 4.78 is 0. The zero-order valence-corrected chi connectivity index (χ0v) is 11.3. The van der Waals surface area contributed by atoms with Gasteiger partial charge in [0.15, 0.2) is 5.78 Å². The molecule has 1 nitrogen and oxygen atoms in total. The highest BCUT2D eigenvalue weighted by Crippen LogP contribution is 2.38. The summed E-state index contributed by atoms with van der Waals surface area (Å²) in [5.41, 5.74) is -0.182. The molecule has 0 aromatic carbocycles. The van der Waals surface area contributed by atoms with E-state index in [1.165, 1.54) is 0 Å². The maximum atomic E-state index is 12.0. The predicted octanol–water partition coefficient (Wildman–Crippen LogP) is 3.23. The predicted molar refractivity (Wildman–Crippen MR) is 67.2 cm³/mol. The molecule has 1 aliphatic heterocycles. The summed E-state index contributed by atoms with van der Waals surface area (Å²) in [5.74, 6) is 1.40. The van der Waals surface area contributed by atoms with Crippen LogP contribution in [0, 0.1) is 5.41 Å². The van der Waals surface area contributed by atoms with Gasteiger partial charge >= 0.3 is 0 Å². The van der Waals surface area contributed by atoms with E-state index in [1.54, 1.807) is 0 Å². The molecule has 0 amide bonds. The van der Waals surface area contributed by atoms with Crippen molar-refractivity contribution in [3.8, 4) is 0 Å². The van der Waals surface area contributed by atoms with Crippen LogP contribution in [0.1, 0.15) is 34.6 Å². The number of Topliss-reactive ketones (excluding diaryl/α,β-unsaturated/α-hetero) is 1. The topological polar surface area (TPSA) is 17.1 Å². The van der Waals surface area contributed by atoms with Crippen LogP contribution < -0.4 is 0 Å². The molecule has 1 saturated heterocycles. The monoisotopic (exact) mass is 232 g/mol. The van der Waals surface area contributed by atoms with E-state index in [-0.39, 0.29) is 10.7 Å². The SMILES string of the molecule is CC1SCC(C(=O)C(C)(C)C)SC1C. The first-order valence-electron chi connectivity index (χ1n) is 5.13. The second-order valence-electron chi connectivity index (χ2n) is 4.98. The van der Waals surface area contributed by atoms with Gasteiger partial charge in [0.2, 0.25) is 0 Å². The van der Waals surface area contributed by atoms with Crippen LogP contribution in [0.25, 0.3) is 0 Å². The van der Waals surface area contributed by atoms with E-state index in [9.17, 15) is 4.79 Å². The zero-order valence-electron chi connectivity index (χ0n) is 9.66. The van der Waals surface area contributed by atoms with Gasteiger partial charge in [-0.25, -0.2) is 0 Å². The van der Waals surface area contributed by atoms with Gasteiger partial charge < -0.3 is 0 Å². The van der Waals surface area contributed by atoms with Crippen molar-refractivity contribution in [3.63, 3.8) is 0 Å². The molecular formula is C11H20OS2. The number of hydrogen-bond acceptors (Lipinski definition) is 3. The van der Waals surface area contributed by atoms with E-state index in [2.05, 4.69) is 13.8 Å². The Morgan fingerprint density at radius 3 is 2.21 bits per heavy atom. The Labute approximate surface area is 95.8 Å². The fraction of sp³-hybridized carbons (Fsp3) is 0.909. The summed E-state index contributed by atoms with van der Waals surface area (Å²) in [5, 5.41) is 1.50. The third kappa shape index (κ3) is 2.93. The smallest absolute Gasteiger partial charge is 0.151 e.